The van der Waals surface area contributed by atoms with Gasteiger partial charge in [-0.05, 0) is 43.9 Å². The Morgan fingerprint density at radius 1 is 0.704 bits per heavy atom. The number of benzene rings is 1. The Labute approximate surface area is 170 Å². The molecule has 0 amide bonds. The average molecular weight is 377 g/mol. The van der Waals surface area contributed by atoms with Crippen molar-refractivity contribution in [2.75, 3.05) is 26.4 Å². The number of hydrogen-bond acceptors (Lipinski definition) is 2. The number of aryl methyl sites for hydroxylation is 1. The van der Waals surface area contributed by atoms with E-state index in [0.29, 0.717) is 0 Å². The fourth-order valence-electron chi connectivity index (χ4n) is 2.90. The van der Waals surface area contributed by atoms with Crippen LogP contribution in [-0.4, -0.2) is 26.4 Å². The quantitative estimate of drug-likeness (QED) is 0.227. The van der Waals surface area contributed by atoms with E-state index in [9.17, 15) is 0 Å². The fraction of sp³-hybridized carbons (Fsp3) is 0.680. The highest BCUT2D eigenvalue weighted by atomic mass is 16.5. The Morgan fingerprint density at radius 3 is 1.78 bits per heavy atom. The molecule has 0 aliphatic heterocycles. The second-order valence-electron chi connectivity index (χ2n) is 6.58. The zero-order valence-corrected chi connectivity index (χ0v) is 16.1. The lowest BCUT2D eigenvalue weighted by molar-refractivity contribution is 0.0512. The summed E-state index contributed by atoms with van der Waals surface area (Å²) in [5.41, 5.74) is 2.38. The van der Waals surface area contributed by atoms with Crippen LogP contribution in [0.4, 0.5) is 0 Å². The summed E-state index contributed by atoms with van der Waals surface area (Å²) in [4.78, 5) is 0. The predicted molar refractivity (Wildman–Crippen MR) is 120 cm³/mol. The molecule has 0 bridgehead atoms. The molecule has 0 aromatic heterocycles. The van der Waals surface area contributed by atoms with E-state index < -0.39 is 0 Å². The molecule has 0 spiro atoms. The molecule has 27 heavy (non-hydrogen) atoms. The second-order valence-corrected chi connectivity index (χ2v) is 6.58. The molecule has 156 valence electrons. The maximum atomic E-state index is 5.52. The minimum atomic E-state index is 0. The molecule has 2 heteroatoms. The first-order valence-corrected chi connectivity index (χ1v) is 10.1. The van der Waals surface area contributed by atoms with E-state index in [2.05, 4.69) is 18.1 Å². The highest BCUT2D eigenvalue weighted by molar-refractivity contribution is 5.34. The first-order valence-electron chi connectivity index (χ1n) is 10.1. The van der Waals surface area contributed by atoms with Crippen molar-refractivity contribution in [3.05, 3.63) is 35.4 Å². The van der Waals surface area contributed by atoms with Crippen LogP contribution in [0.2, 0.25) is 0 Å². The van der Waals surface area contributed by atoms with Crippen LogP contribution in [0, 0.1) is 12.3 Å². The second kappa shape index (κ2) is 21.0. The number of ether oxygens (including phenoxy) is 2. The molecule has 0 unspecified atom stereocenters. The summed E-state index contributed by atoms with van der Waals surface area (Å²) in [5, 5.41) is 0. The third-order valence-electron chi connectivity index (χ3n) is 4.45. The monoisotopic (exact) mass is 376 g/mol. The number of hydrogen-bond donors (Lipinski definition) is 0. The molecular formula is C25H44O2. The van der Waals surface area contributed by atoms with Gasteiger partial charge in [-0.2, -0.15) is 0 Å². The van der Waals surface area contributed by atoms with E-state index in [4.69, 9.17) is 15.9 Å². The third-order valence-corrected chi connectivity index (χ3v) is 4.45. The van der Waals surface area contributed by atoms with Gasteiger partial charge >= 0.3 is 0 Å². The topological polar surface area (TPSA) is 18.5 Å². The Bertz CT molecular complexity index is 444. The molecule has 0 saturated heterocycles. The van der Waals surface area contributed by atoms with Gasteiger partial charge in [-0.1, -0.05) is 77.9 Å². The Kier molecular flexibility index (Phi) is 21.7. The maximum Gasteiger partial charge on any atom is 0.0700 e. The Morgan fingerprint density at radius 2 is 1.22 bits per heavy atom. The van der Waals surface area contributed by atoms with Gasteiger partial charge < -0.3 is 9.47 Å². The molecule has 0 aliphatic carbocycles. The van der Waals surface area contributed by atoms with Gasteiger partial charge in [-0.3, -0.25) is 0 Å². The molecular weight excluding hydrogens is 332 g/mol. The van der Waals surface area contributed by atoms with Gasteiger partial charge in [0, 0.05) is 18.8 Å². The number of unbranched alkanes of at least 4 members (excludes halogenated alkanes) is 8. The summed E-state index contributed by atoms with van der Waals surface area (Å²) < 4.78 is 10.8. The fourth-order valence-corrected chi connectivity index (χ4v) is 2.90. The highest BCUT2D eigenvalue weighted by Gasteiger charge is 1.96. The molecule has 0 atom stereocenters. The van der Waals surface area contributed by atoms with Gasteiger partial charge in [0.2, 0.25) is 0 Å². The average Bonchev–Trinajstić information content (AvgIpc) is 2.65. The van der Waals surface area contributed by atoms with E-state index >= 15 is 0 Å². The first kappa shape index (κ1) is 27.9. The first-order chi connectivity index (χ1) is 12.4. The molecule has 1 rings (SSSR count). The van der Waals surface area contributed by atoms with Gasteiger partial charge in [-0.15, -0.1) is 6.42 Å². The summed E-state index contributed by atoms with van der Waals surface area (Å²) in [6.07, 6.45) is 18.5. The van der Waals surface area contributed by atoms with E-state index in [1.54, 1.807) is 0 Å². The van der Waals surface area contributed by atoms with Crippen LogP contribution in [0.25, 0.3) is 0 Å². The van der Waals surface area contributed by atoms with Gasteiger partial charge in [0.25, 0.3) is 0 Å². The molecule has 0 heterocycles. The summed E-state index contributed by atoms with van der Waals surface area (Å²) in [5.74, 6) is 2.66. The van der Waals surface area contributed by atoms with Crippen molar-refractivity contribution < 1.29 is 9.47 Å². The van der Waals surface area contributed by atoms with E-state index in [1.165, 1.54) is 69.8 Å². The maximum absolute atomic E-state index is 5.52. The zero-order valence-electron chi connectivity index (χ0n) is 16.1. The molecule has 0 radical (unpaired) electrons. The SMILES string of the molecule is C.C.C#Cc1ccc(CCCCCCCCCCCOCCOCC)cc1. The lowest BCUT2D eigenvalue weighted by Gasteiger charge is -2.05. The van der Waals surface area contributed by atoms with Crippen LogP contribution in [0.5, 0.6) is 0 Å². The predicted octanol–water partition coefficient (Wildman–Crippen LogP) is 7.05. The minimum absolute atomic E-state index is 0. The van der Waals surface area contributed by atoms with Crippen molar-refractivity contribution in [2.45, 2.75) is 86.0 Å². The standard InChI is InChI=1S/C23H36O2.2CH4/c1-3-22-15-17-23(18-16-22)14-12-10-8-6-5-7-9-11-13-19-25-21-20-24-4-2;;/h1,15-18H,4-14,19-21H2,2H3;2*1H4. The van der Waals surface area contributed by atoms with Gasteiger partial charge in [0.15, 0.2) is 0 Å². The lowest BCUT2D eigenvalue weighted by Crippen LogP contribution is -2.04. The van der Waals surface area contributed by atoms with Crippen LogP contribution >= 0.6 is 0 Å². The van der Waals surface area contributed by atoms with Gasteiger partial charge in [-0.25, -0.2) is 0 Å². The number of terminal acetylenes is 1. The Hall–Kier alpha value is -1.30. The molecule has 0 saturated carbocycles. The van der Waals surface area contributed by atoms with Crippen molar-refractivity contribution in [1.82, 2.24) is 0 Å². The third kappa shape index (κ3) is 16.6. The van der Waals surface area contributed by atoms with Crippen LogP contribution < -0.4 is 0 Å². The molecule has 0 fully saturated rings. The molecule has 2 nitrogen and oxygen atoms in total. The van der Waals surface area contributed by atoms with Crippen molar-refractivity contribution >= 4 is 0 Å². The van der Waals surface area contributed by atoms with Crippen LogP contribution in [-0.2, 0) is 15.9 Å². The van der Waals surface area contributed by atoms with Crippen LogP contribution in [0.1, 0.15) is 90.7 Å². The largest absolute Gasteiger partial charge is 0.379 e. The summed E-state index contributed by atoms with van der Waals surface area (Å²) >= 11 is 0. The van der Waals surface area contributed by atoms with E-state index in [-0.39, 0.29) is 14.9 Å². The molecule has 1 aromatic rings. The van der Waals surface area contributed by atoms with Crippen LogP contribution in [0.3, 0.4) is 0 Å². The summed E-state index contributed by atoms with van der Waals surface area (Å²) in [6.45, 7) is 5.15. The van der Waals surface area contributed by atoms with Gasteiger partial charge in [0.05, 0.1) is 13.2 Å². The normalized spacial score (nSPS) is 9.93. The molecule has 1 aromatic carbocycles. The van der Waals surface area contributed by atoms with Crippen molar-refractivity contribution in [1.29, 1.82) is 0 Å². The number of rotatable bonds is 16. The van der Waals surface area contributed by atoms with Crippen molar-refractivity contribution in [3.63, 3.8) is 0 Å². The lowest BCUT2D eigenvalue weighted by atomic mass is 10.0. The summed E-state index contributed by atoms with van der Waals surface area (Å²) in [7, 11) is 0. The molecule has 0 aliphatic rings. The van der Waals surface area contributed by atoms with Crippen molar-refractivity contribution in [3.8, 4) is 12.3 Å². The smallest absolute Gasteiger partial charge is 0.0700 e. The zero-order chi connectivity index (χ0) is 18.0. The summed E-state index contributed by atoms with van der Waals surface area (Å²) in [6, 6.07) is 8.41. The highest BCUT2D eigenvalue weighted by Crippen LogP contribution is 2.12. The Balaban J connectivity index is 0. The van der Waals surface area contributed by atoms with Crippen molar-refractivity contribution in [2.24, 2.45) is 0 Å². The molecule has 0 N–H and O–H groups in total. The van der Waals surface area contributed by atoms with E-state index in [1.807, 2.05) is 19.1 Å². The minimum Gasteiger partial charge on any atom is -0.379 e. The van der Waals surface area contributed by atoms with E-state index in [0.717, 1.165) is 32.0 Å². The van der Waals surface area contributed by atoms with Crippen LogP contribution in [0.15, 0.2) is 24.3 Å². The van der Waals surface area contributed by atoms with Gasteiger partial charge in [0.1, 0.15) is 0 Å².